The van der Waals surface area contributed by atoms with Gasteiger partial charge in [-0.1, -0.05) is 0 Å². The summed E-state index contributed by atoms with van der Waals surface area (Å²) in [6, 6.07) is 4.80. The minimum absolute atomic E-state index is 0.343. The zero-order chi connectivity index (χ0) is 14.2. The molecule has 2 aromatic heterocycles. The molecule has 0 amide bonds. The molecule has 3 rings (SSSR count). The maximum absolute atomic E-state index is 12.5. The lowest BCUT2D eigenvalue weighted by atomic mass is 10.3. The molecule has 0 bridgehead atoms. The summed E-state index contributed by atoms with van der Waals surface area (Å²) in [5, 5.41) is 9.13. The van der Waals surface area contributed by atoms with Crippen molar-refractivity contribution in [1.82, 2.24) is 15.5 Å². The number of thiophene rings is 1. The Labute approximate surface area is 118 Å². The number of H-pyrrole nitrogens is 1. The molecule has 1 aliphatic rings. The number of halogens is 3. The summed E-state index contributed by atoms with van der Waals surface area (Å²) in [5.41, 5.74) is -0.468. The SMILES string of the molecule is FC(F)(F)c1cc(-c2ccc(CNCC3CC3)s2)n[nH]1. The van der Waals surface area contributed by atoms with Gasteiger partial charge in [-0.3, -0.25) is 5.10 Å². The number of aromatic amines is 1. The van der Waals surface area contributed by atoms with Crippen LogP contribution in [0.1, 0.15) is 23.4 Å². The molecule has 0 unspecified atom stereocenters. The summed E-state index contributed by atoms with van der Waals surface area (Å²) in [7, 11) is 0. The molecule has 0 spiro atoms. The third kappa shape index (κ3) is 3.21. The summed E-state index contributed by atoms with van der Waals surface area (Å²) in [4.78, 5) is 1.86. The third-order valence-electron chi connectivity index (χ3n) is 3.23. The van der Waals surface area contributed by atoms with E-state index in [1.807, 2.05) is 17.2 Å². The van der Waals surface area contributed by atoms with Crippen molar-refractivity contribution in [2.24, 2.45) is 5.92 Å². The number of rotatable bonds is 5. The van der Waals surface area contributed by atoms with Gasteiger partial charge in [-0.15, -0.1) is 11.3 Å². The van der Waals surface area contributed by atoms with E-state index in [4.69, 9.17) is 0 Å². The molecule has 7 heteroatoms. The Morgan fingerprint density at radius 2 is 2.15 bits per heavy atom. The van der Waals surface area contributed by atoms with Crippen LogP contribution < -0.4 is 5.32 Å². The van der Waals surface area contributed by atoms with E-state index in [9.17, 15) is 13.2 Å². The fourth-order valence-corrected chi connectivity index (χ4v) is 2.86. The molecule has 0 aromatic carbocycles. The lowest BCUT2D eigenvalue weighted by molar-refractivity contribution is -0.141. The van der Waals surface area contributed by atoms with Crippen molar-refractivity contribution in [1.29, 1.82) is 0 Å². The van der Waals surface area contributed by atoms with E-state index >= 15 is 0 Å². The number of hydrogen-bond donors (Lipinski definition) is 2. The molecule has 0 aliphatic heterocycles. The van der Waals surface area contributed by atoms with Gasteiger partial charge in [0.15, 0.2) is 0 Å². The summed E-state index contributed by atoms with van der Waals surface area (Å²) in [6.45, 7) is 1.78. The molecular formula is C13H14F3N3S. The molecule has 2 aromatic rings. The molecular weight excluding hydrogens is 287 g/mol. The fraction of sp³-hybridized carbons (Fsp3) is 0.462. The first-order chi connectivity index (χ1) is 9.52. The van der Waals surface area contributed by atoms with E-state index < -0.39 is 11.9 Å². The summed E-state index contributed by atoms with van der Waals surface area (Å²) in [6.07, 6.45) is -1.77. The first-order valence-corrected chi connectivity index (χ1v) is 7.26. The minimum Gasteiger partial charge on any atom is -0.312 e. The molecule has 0 radical (unpaired) electrons. The van der Waals surface area contributed by atoms with Gasteiger partial charge in [-0.25, -0.2) is 0 Å². The average Bonchev–Trinajstić information content (AvgIpc) is 2.91. The molecule has 1 saturated carbocycles. The van der Waals surface area contributed by atoms with E-state index in [0.29, 0.717) is 5.69 Å². The maximum Gasteiger partial charge on any atom is 0.432 e. The number of nitrogens with zero attached hydrogens (tertiary/aromatic N) is 1. The molecule has 1 fully saturated rings. The summed E-state index contributed by atoms with van der Waals surface area (Å²) >= 11 is 1.47. The van der Waals surface area contributed by atoms with Crippen LogP contribution in [0.4, 0.5) is 13.2 Å². The van der Waals surface area contributed by atoms with Gasteiger partial charge < -0.3 is 5.32 Å². The number of aromatic nitrogens is 2. The first kappa shape index (κ1) is 13.6. The standard InChI is InChI=1S/C13H14F3N3S/c14-13(15,16)12-5-10(18-19-12)11-4-3-9(20-11)7-17-6-8-1-2-8/h3-5,8,17H,1-2,6-7H2,(H,18,19). The lowest BCUT2D eigenvalue weighted by Crippen LogP contribution is -2.15. The molecule has 108 valence electrons. The van der Waals surface area contributed by atoms with Crippen molar-refractivity contribution < 1.29 is 13.2 Å². The van der Waals surface area contributed by atoms with Gasteiger partial charge in [0.1, 0.15) is 11.4 Å². The normalized spacial score (nSPS) is 15.8. The molecule has 0 atom stereocenters. The van der Waals surface area contributed by atoms with Crippen LogP contribution in [0.5, 0.6) is 0 Å². The fourth-order valence-electron chi connectivity index (χ4n) is 1.93. The lowest BCUT2D eigenvalue weighted by Gasteiger charge is -2.00. The van der Waals surface area contributed by atoms with Crippen LogP contribution in [-0.2, 0) is 12.7 Å². The monoisotopic (exact) mass is 301 g/mol. The second-order valence-electron chi connectivity index (χ2n) is 5.00. The number of hydrogen-bond acceptors (Lipinski definition) is 3. The van der Waals surface area contributed by atoms with Crippen LogP contribution in [0, 0.1) is 5.92 Å². The van der Waals surface area contributed by atoms with Gasteiger partial charge in [0.05, 0.1) is 4.88 Å². The summed E-state index contributed by atoms with van der Waals surface area (Å²) in [5.74, 6) is 0.815. The number of nitrogens with one attached hydrogen (secondary N) is 2. The second kappa shape index (κ2) is 5.21. The Hall–Kier alpha value is -1.34. The Bertz CT molecular complexity index is 584. The topological polar surface area (TPSA) is 40.7 Å². The number of alkyl halides is 3. The van der Waals surface area contributed by atoms with Gasteiger partial charge in [0.25, 0.3) is 0 Å². The van der Waals surface area contributed by atoms with Gasteiger partial charge in [0.2, 0.25) is 0 Å². The first-order valence-electron chi connectivity index (χ1n) is 6.45. The van der Waals surface area contributed by atoms with Crippen LogP contribution in [0.15, 0.2) is 18.2 Å². The van der Waals surface area contributed by atoms with Crippen LogP contribution in [0.2, 0.25) is 0 Å². The zero-order valence-electron chi connectivity index (χ0n) is 10.6. The minimum atomic E-state index is -4.38. The van der Waals surface area contributed by atoms with Gasteiger partial charge in [-0.05, 0) is 43.5 Å². The van der Waals surface area contributed by atoms with Crippen molar-refractivity contribution in [3.05, 3.63) is 28.8 Å². The smallest absolute Gasteiger partial charge is 0.312 e. The van der Waals surface area contributed by atoms with Crippen molar-refractivity contribution in [3.8, 4) is 10.6 Å². The largest absolute Gasteiger partial charge is 0.432 e. The average molecular weight is 301 g/mol. The van der Waals surface area contributed by atoms with Gasteiger partial charge >= 0.3 is 6.18 Å². The highest BCUT2D eigenvalue weighted by Gasteiger charge is 2.33. The summed E-state index contributed by atoms with van der Waals surface area (Å²) < 4.78 is 37.5. The third-order valence-corrected chi connectivity index (χ3v) is 4.33. The molecule has 0 saturated heterocycles. The highest BCUT2D eigenvalue weighted by atomic mass is 32.1. The van der Waals surface area contributed by atoms with E-state index in [0.717, 1.165) is 34.8 Å². The molecule has 20 heavy (non-hydrogen) atoms. The Morgan fingerprint density at radius 1 is 1.35 bits per heavy atom. The van der Waals surface area contributed by atoms with E-state index in [-0.39, 0.29) is 0 Å². The molecule has 1 aliphatic carbocycles. The Morgan fingerprint density at radius 3 is 2.80 bits per heavy atom. The zero-order valence-corrected chi connectivity index (χ0v) is 11.4. The van der Waals surface area contributed by atoms with Crippen LogP contribution in [0.25, 0.3) is 10.6 Å². The second-order valence-corrected chi connectivity index (χ2v) is 6.17. The Balaban J connectivity index is 1.64. The van der Waals surface area contributed by atoms with Gasteiger partial charge in [-0.2, -0.15) is 18.3 Å². The van der Waals surface area contributed by atoms with E-state index in [1.54, 1.807) is 0 Å². The van der Waals surface area contributed by atoms with Crippen LogP contribution >= 0.6 is 11.3 Å². The van der Waals surface area contributed by atoms with Crippen LogP contribution in [-0.4, -0.2) is 16.7 Å². The quantitative estimate of drug-likeness (QED) is 0.885. The highest BCUT2D eigenvalue weighted by molar-refractivity contribution is 7.15. The highest BCUT2D eigenvalue weighted by Crippen LogP contribution is 2.33. The van der Waals surface area contributed by atoms with E-state index in [1.165, 1.54) is 24.2 Å². The predicted octanol–water partition coefficient (Wildman–Crippen LogP) is 3.66. The maximum atomic E-state index is 12.5. The molecule has 3 nitrogen and oxygen atoms in total. The molecule has 2 N–H and O–H groups in total. The van der Waals surface area contributed by atoms with Crippen molar-refractivity contribution in [2.75, 3.05) is 6.54 Å². The van der Waals surface area contributed by atoms with Crippen molar-refractivity contribution >= 4 is 11.3 Å². The van der Waals surface area contributed by atoms with Crippen LogP contribution in [0.3, 0.4) is 0 Å². The van der Waals surface area contributed by atoms with Gasteiger partial charge in [0, 0.05) is 11.4 Å². The van der Waals surface area contributed by atoms with E-state index in [2.05, 4.69) is 10.4 Å². The predicted molar refractivity (Wildman–Crippen MR) is 71.3 cm³/mol. The van der Waals surface area contributed by atoms with Crippen molar-refractivity contribution in [3.63, 3.8) is 0 Å². The molecule has 2 heterocycles. The van der Waals surface area contributed by atoms with Crippen molar-refractivity contribution in [2.45, 2.75) is 25.6 Å². The Kier molecular flexibility index (Phi) is 3.55.